The third-order valence-electron chi connectivity index (χ3n) is 3.14. The lowest BCUT2D eigenvalue weighted by Crippen LogP contribution is -2.43. The number of hydrogen-bond donors (Lipinski definition) is 2. The van der Waals surface area contributed by atoms with Gasteiger partial charge in [0.2, 0.25) is 5.91 Å². The van der Waals surface area contributed by atoms with Gasteiger partial charge in [0.15, 0.2) is 0 Å². The van der Waals surface area contributed by atoms with Crippen LogP contribution in [0.5, 0.6) is 0 Å². The van der Waals surface area contributed by atoms with Crippen molar-refractivity contribution in [1.29, 1.82) is 0 Å². The average molecular weight is 282 g/mol. The molecule has 1 aliphatic rings. The predicted molar refractivity (Wildman–Crippen MR) is 69.1 cm³/mol. The van der Waals surface area contributed by atoms with E-state index >= 15 is 0 Å². The van der Waals surface area contributed by atoms with Gasteiger partial charge in [-0.2, -0.15) is 0 Å². The Balaban J connectivity index is 2.10. The number of carboxylic acid groups (broad SMARTS) is 1. The van der Waals surface area contributed by atoms with Crippen molar-refractivity contribution in [1.82, 2.24) is 4.90 Å². The lowest BCUT2D eigenvalue weighted by Gasteiger charge is -2.30. The van der Waals surface area contributed by atoms with Crippen molar-refractivity contribution in [3.8, 4) is 0 Å². The maximum absolute atomic E-state index is 12.2. The summed E-state index contributed by atoms with van der Waals surface area (Å²) in [6.45, 7) is 0.886. The number of amides is 2. The molecule has 1 saturated heterocycles. The van der Waals surface area contributed by atoms with Gasteiger partial charge in [-0.15, -0.1) is 11.3 Å². The molecule has 0 bridgehead atoms. The molecule has 3 N–H and O–H groups in total. The van der Waals surface area contributed by atoms with Crippen molar-refractivity contribution in [3.05, 3.63) is 21.9 Å². The number of hydrogen-bond acceptors (Lipinski definition) is 4. The molecule has 1 aliphatic heterocycles. The highest BCUT2D eigenvalue weighted by Gasteiger charge is 2.28. The first-order valence-electron chi connectivity index (χ1n) is 5.90. The normalized spacial score (nSPS) is 19.2. The molecule has 19 heavy (non-hydrogen) atoms. The van der Waals surface area contributed by atoms with E-state index in [4.69, 9.17) is 10.8 Å². The summed E-state index contributed by atoms with van der Waals surface area (Å²) in [6.07, 6.45) is 1.43. The molecule has 2 heterocycles. The standard InChI is InChI=1S/C12H14N2O4S/c13-10(15)7-2-1-5-14(6-7)11(16)8-3-4-9(19-8)12(17)18/h3-4,7H,1-2,5-6H2,(H2,13,15)(H,17,18)/t7-/m0/s1. The van der Waals surface area contributed by atoms with E-state index in [2.05, 4.69) is 0 Å². The molecule has 0 aliphatic carbocycles. The Bertz CT molecular complexity index is 526. The van der Waals surface area contributed by atoms with E-state index in [1.807, 2.05) is 0 Å². The van der Waals surface area contributed by atoms with Crippen LogP contribution in [-0.4, -0.2) is 40.9 Å². The van der Waals surface area contributed by atoms with Gasteiger partial charge in [0.1, 0.15) is 4.88 Å². The van der Waals surface area contributed by atoms with Crippen LogP contribution < -0.4 is 5.73 Å². The zero-order chi connectivity index (χ0) is 14.0. The zero-order valence-corrected chi connectivity index (χ0v) is 11.0. The third kappa shape index (κ3) is 2.93. The van der Waals surface area contributed by atoms with Gasteiger partial charge in [-0.1, -0.05) is 0 Å². The van der Waals surface area contributed by atoms with E-state index < -0.39 is 11.9 Å². The Labute approximate surface area is 113 Å². The number of primary amides is 1. The molecule has 2 rings (SSSR count). The van der Waals surface area contributed by atoms with E-state index in [1.165, 1.54) is 12.1 Å². The molecular weight excluding hydrogens is 268 g/mol. The highest BCUT2D eigenvalue weighted by molar-refractivity contribution is 7.15. The Morgan fingerprint density at radius 3 is 2.58 bits per heavy atom. The van der Waals surface area contributed by atoms with Crippen molar-refractivity contribution >= 4 is 29.1 Å². The Morgan fingerprint density at radius 1 is 1.32 bits per heavy atom. The molecule has 1 aromatic heterocycles. The number of thiophene rings is 1. The van der Waals surface area contributed by atoms with Gasteiger partial charge in [-0.3, -0.25) is 9.59 Å². The van der Waals surface area contributed by atoms with Crippen molar-refractivity contribution in [2.24, 2.45) is 11.7 Å². The topological polar surface area (TPSA) is 101 Å². The number of nitrogens with two attached hydrogens (primary N) is 1. The summed E-state index contributed by atoms with van der Waals surface area (Å²) in [4.78, 5) is 36.2. The van der Waals surface area contributed by atoms with Crippen LogP contribution in [0.15, 0.2) is 12.1 Å². The summed E-state index contributed by atoms with van der Waals surface area (Å²) in [5, 5.41) is 8.83. The Kier molecular flexibility index (Phi) is 3.84. The quantitative estimate of drug-likeness (QED) is 0.855. The highest BCUT2D eigenvalue weighted by Crippen LogP contribution is 2.22. The minimum Gasteiger partial charge on any atom is -0.477 e. The molecule has 6 nitrogen and oxygen atoms in total. The van der Waals surface area contributed by atoms with Crippen LogP contribution in [0.1, 0.15) is 32.2 Å². The van der Waals surface area contributed by atoms with Gasteiger partial charge in [0.25, 0.3) is 5.91 Å². The van der Waals surface area contributed by atoms with Gasteiger partial charge < -0.3 is 15.7 Å². The molecule has 0 saturated carbocycles. The van der Waals surface area contributed by atoms with Gasteiger partial charge in [0, 0.05) is 13.1 Å². The van der Waals surface area contributed by atoms with Crippen LogP contribution in [-0.2, 0) is 4.79 Å². The molecule has 0 radical (unpaired) electrons. The van der Waals surface area contributed by atoms with Crippen molar-refractivity contribution in [2.75, 3.05) is 13.1 Å². The monoisotopic (exact) mass is 282 g/mol. The van der Waals surface area contributed by atoms with Crippen LogP contribution in [0.25, 0.3) is 0 Å². The maximum atomic E-state index is 12.2. The summed E-state index contributed by atoms with van der Waals surface area (Å²) in [6, 6.07) is 2.92. The van der Waals surface area contributed by atoms with Crippen LogP contribution in [0.3, 0.4) is 0 Å². The first-order chi connectivity index (χ1) is 8.99. The number of carbonyl (C=O) groups excluding carboxylic acids is 2. The first-order valence-corrected chi connectivity index (χ1v) is 6.72. The summed E-state index contributed by atoms with van der Waals surface area (Å²) < 4.78 is 0. The molecule has 2 amide bonds. The SMILES string of the molecule is NC(=O)[C@H]1CCCN(C(=O)c2ccc(C(=O)O)s2)C1. The zero-order valence-electron chi connectivity index (χ0n) is 10.2. The minimum atomic E-state index is -1.04. The van der Waals surface area contributed by atoms with E-state index in [9.17, 15) is 14.4 Å². The molecule has 1 atom stereocenters. The maximum Gasteiger partial charge on any atom is 0.345 e. The van der Waals surface area contributed by atoms with Crippen LogP contribution >= 0.6 is 11.3 Å². The molecule has 102 valence electrons. The molecule has 0 aromatic carbocycles. The fourth-order valence-electron chi connectivity index (χ4n) is 2.12. The number of rotatable bonds is 3. The second-order valence-electron chi connectivity index (χ2n) is 4.46. The second kappa shape index (κ2) is 5.40. The Hall–Kier alpha value is -1.89. The molecule has 1 aromatic rings. The van der Waals surface area contributed by atoms with Crippen molar-refractivity contribution in [3.63, 3.8) is 0 Å². The highest BCUT2D eigenvalue weighted by atomic mass is 32.1. The largest absolute Gasteiger partial charge is 0.477 e. The van der Waals surface area contributed by atoms with Crippen LogP contribution in [0.2, 0.25) is 0 Å². The van der Waals surface area contributed by atoms with Crippen LogP contribution in [0, 0.1) is 5.92 Å². The molecule has 0 unspecified atom stereocenters. The van der Waals surface area contributed by atoms with Crippen molar-refractivity contribution < 1.29 is 19.5 Å². The summed E-state index contributed by atoms with van der Waals surface area (Å²) >= 11 is 0.945. The number of carbonyl (C=O) groups is 3. The smallest absolute Gasteiger partial charge is 0.345 e. The summed E-state index contributed by atoms with van der Waals surface area (Å²) in [5.41, 5.74) is 5.26. The van der Waals surface area contributed by atoms with E-state index in [0.717, 1.165) is 17.8 Å². The summed E-state index contributed by atoms with van der Waals surface area (Å²) in [5.74, 6) is -1.98. The molecular formula is C12H14N2O4S. The lowest BCUT2D eigenvalue weighted by molar-refractivity contribution is -0.123. The predicted octanol–water partition coefficient (Wildman–Crippen LogP) is 0.784. The van der Waals surface area contributed by atoms with Gasteiger partial charge in [-0.25, -0.2) is 4.79 Å². The fourth-order valence-corrected chi connectivity index (χ4v) is 2.93. The molecule has 7 heteroatoms. The van der Waals surface area contributed by atoms with Gasteiger partial charge in [-0.05, 0) is 25.0 Å². The van der Waals surface area contributed by atoms with E-state index in [-0.39, 0.29) is 16.7 Å². The fraction of sp³-hybridized carbons (Fsp3) is 0.417. The lowest BCUT2D eigenvalue weighted by atomic mass is 9.97. The molecule has 0 spiro atoms. The molecule has 1 fully saturated rings. The number of piperidine rings is 1. The number of likely N-dealkylation sites (tertiary alicyclic amines) is 1. The second-order valence-corrected chi connectivity index (χ2v) is 5.55. The number of aromatic carboxylic acids is 1. The number of carboxylic acids is 1. The first kappa shape index (κ1) is 13.5. The van der Waals surface area contributed by atoms with Crippen molar-refractivity contribution in [2.45, 2.75) is 12.8 Å². The van der Waals surface area contributed by atoms with Gasteiger partial charge >= 0.3 is 5.97 Å². The summed E-state index contributed by atoms with van der Waals surface area (Å²) in [7, 11) is 0. The van der Waals surface area contributed by atoms with Crippen LogP contribution in [0.4, 0.5) is 0 Å². The number of nitrogens with zero attached hydrogens (tertiary/aromatic N) is 1. The Morgan fingerprint density at radius 2 is 2.00 bits per heavy atom. The third-order valence-corrected chi connectivity index (χ3v) is 4.20. The minimum absolute atomic E-state index is 0.131. The van der Waals surface area contributed by atoms with E-state index in [1.54, 1.807) is 4.90 Å². The van der Waals surface area contributed by atoms with E-state index in [0.29, 0.717) is 24.4 Å². The van der Waals surface area contributed by atoms with Gasteiger partial charge in [0.05, 0.1) is 10.8 Å². The average Bonchev–Trinajstić information content (AvgIpc) is 2.87.